The molecule has 6 heteroatoms. The monoisotopic (exact) mass is 393 g/mol. The maximum atomic E-state index is 13.0. The molecule has 0 spiro atoms. The highest BCUT2D eigenvalue weighted by Gasteiger charge is 2.50. The number of aromatic nitrogens is 1. The molecule has 2 amide bonds. The summed E-state index contributed by atoms with van der Waals surface area (Å²) in [5.41, 5.74) is 2.64. The first-order valence-corrected chi connectivity index (χ1v) is 10.2. The maximum absolute atomic E-state index is 13.0. The number of hydrogen-bond acceptors (Lipinski definition) is 4. The van der Waals surface area contributed by atoms with E-state index in [9.17, 15) is 9.59 Å². The lowest BCUT2D eigenvalue weighted by Gasteiger charge is -2.30. The SMILES string of the molecule is CCOCC(=O)N1C[C@@H]2CN(C(=O)c3ccc(C)nc3)C[C@@H]2[C@H]1c1ccccc1. The zero-order chi connectivity index (χ0) is 20.4. The molecule has 2 aromatic rings. The van der Waals surface area contributed by atoms with Crippen molar-refractivity contribution in [3.63, 3.8) is 0 Å². The highest BCUT2D eigenvalue weighted by molar-refractivity contribution is 5.94. The van der Waals surface area contributed by atoms with Crippen LogP contribution in [-0.4, -0.2) is 59.4 Å². The molecule has 3 atom stereocenters. The van der Waals surface area contributed by atoms with Crippen LogP contribution in [0.3, 0.4) is 0 Å². The first-order chi connectivity index (χ1) is 14.1. The zero-order valence-corrected chi connectivity index (χ0v) is 17.0. The smallest absolute Gasteiger partial charge is 0.255 e. The lowest BCUT2D eigenvalue weighted by atomic mass is 9.89. The lowest BCUT2D eigenvalue weighted by Crippen LogP contribution is -2.39. The number of nitrogens with zero attached hydrogens (tertiary/aromatic N) is 3. The van der Waals surface area contributed by atoms with Gasteiger partial charge in [0.05, 0.1) is 11.6 Å². The molecule has 6 nitrogen and oxygen atoms in total. The maximum Gasteiger partial charge on any atom is 0.255 e. The summed E-state index contributed by atoms with van der Waals surface area (Å²) in [4.78, 5) is 33.9. The normalized spacial score (nSPS) is 23.3. The van der Waals surface area contributed by atoms with Crippen LogP contribution in [-0.2, 0) is 9.53 Å². The standard InChI is InChI=1S/C23H27N3O3/c1-3-29-15-21(27)26-13-19-12-25(23(28)18-10-9-16(2)24-11-18)14-20(19)22(26)17-7-5-4-6-8-17/h4-11,19-20,22H,3,12-15H2,1-2H3/t19-,20-,22+/m0/s1. The third-order valence-electron chi connectivity index (χ3n) is 6.00. The third kappa shape index (κ3) is 3.90. The fraction of sp³-hybridized carbons (Fsp3) is 0.435. The summed E-state index contributed by atoms with van der Waals surface area (Å²) in [6, 6.07) is 13.8. The topological polar surface area (TPSA) is 62.7 Å². The first-order valence-electron chi connectivity index (χ1n) is 10.2. The summed E-state index contributed by atoms with van der Waals surface area (Å²) < 4.78 is 5.38. The van der Waals surface area contributed by atoms with Gasteiger partial charge in [-0.05, 0) is 31.5 Å². The van der Waals surface area contributed by atoms with Gasteiger partial charge in [-0.2, -0.15) is 0 Å². The zero-order valence-electron chi connectivity index (χ0n) is 17.0. The van der Waals surface area contributed by atoms with E-state index in [1.54, 1.807) is 6.20 Å². The van der Waals surface area contributed by atoms with E-state index in [0.717, 1.165) is 11.3 Å². The minimum absolute atomic E-state index is 0.0194. The molecule has 152 valence electrons. The van der Waals surface area contributed by atoms with Crippen LogP contribution in [0.4, 0.5) is 0 Å². The molecule has 1 aromatic heterocycles. The second kappa shape index (κ2) is 8.33. The summed E-state index contributed by atoms with van der Waals surface area (Å²) in [6.07, 6.45) is 1.65. The van der Waals surface area contributed by atoms with Crippen molar-refractivity contribution in [2.45, 2.75) is 19.9 Å². The van der Waals surface area contributed by atoms with Crippen molar-refractivity contribution in [2.75, 3.05) is 32.8 Å². The second-order valence-electron chi connectivity index (χ2n) is 7.86. The predicted octanol–water partition coefficient (Wildman–Crippen LogP) is 2.70. The summed E-state index contributed by atoms with van der Waals surface area (Å²) >= 11 is 0. The minimum atomic E-state index is -0.0249. The van der Waals surface area contributed by atoms with Crippen LogP contribution in [0.15, 0.2) is 48.7 Å². The van der Waals surface area contributed by atoms with Crippen LogP contribution in [0, 0.1) is 18.8 Å². The molecular formula is C23H27N3O3. The second-order valence-corrected chi connectivity index (χ2v) is 7.86. The molecule has 29 heavy (non-hydrogen) atoms. The Labute approximate surface area is 171 Å². The number of pyridine rings is 1. The number of rotatable bonds is 5. The highest BCUT2D eigenvalue weighted by atomic mass is 16.5. The Hall–Kier alpha value is -2.73. The molecule has 0 aliphatic carbocycles. The van der Waals surface area contributed by atoms with Gasteiger partial charge in [0.2, 0.25) is 5.91 Å². The van der Waals surface area contributed by atoms with Gasteiger partial charge in [0, 0.05) is 50.0 Å². The molecule has 0 saturated carbocycles. The van der Waals surface area contributed by atoms with E-state index < -0.39 is 0 Å². The minimum Gasteiger partial charge on any atom is -0.372 e. The predicted molar refractivity (Wildman–Crippen MR) is 109 cm³/mol. The first kappa shape index (κ1) is 19.6. The molecule has 1 aromatic carbocycles. The molecular weight excluding hydrogens is 366 g/mol. The Morgan fingerprint density at radius 1 is 1.10 bits per heavy atom. The van der Waals surface area contributed by atoms with Crippen LogP contribution in [0.1, 0.15) is 34.6 Å². The highest BCUT2D eigenvalue weighted by Crippen LogP contribution is 2.45. The van der Waals surface area contributed by atoms with Crippen molar-refractivity contribution >= 4 is 11.8 Å². The van der Waals surface area contributed by atoms with Crippen molar-refractivity contribution in [3.05, 3.63) is 65.5 Å². The van der Waals surface area contributed by atoms with Crippen molar-refractivity contribution < 1.29 is 14.3 Å². The Bertz CT molecular complexity index is 869. The average molecular weight is 393 g/mol. The molecule has 4 rings (SSSR count). The van der Waals surface area contributed by atoms with Crippen LogP contribution < -0.4 is 0 Å². The Kier molecular flexibility index (Phi) is 5.62. The fourth-order valence-electron chi connectivity index (χ4n) is 4.59. The van der Waals surface area contributed by atoms with Gasteiger partial charge in [0.25, 0.3) is 5.91 Å². The summed E-state index contributed by atoms with van der Waals surface area (Å²) in [7, 11) is 0. The molecule has 0 N–H and O–H groups in total. The van der Waals surface area contributed by atoms with Crippen molar-refractivity contribution in [3.8, 4) is 0 Å². The van der Waals surface area contributed by atoms with Gasteiger partial charge in [-0.15, -0.1) is 0 Å². The number of carbonyl (C=O) groups is 2. The van der Waals surface area contributed by atoms with Gasteiger partial charge < -0.3 is 14.5 Å². The quantitative estimate of drug-likeness (QED) is 0.784. The lowest BCUT2D eigenvalue weighted by molar-refractivity contribution is -0.137. The summed E-state index contributed by atoms with van der Waals surface area (Å²) in [5.74, 6) is 0.542. The van der Waals surface area contributed by atoms with Crippen molar-refractivity contribution in [1.82, 2.24) is 14.8 Å². The number of ether oxygens (including phenoxy) is 1. The fourth-order valence-corrected chi connectivity index (χ4v) is 4.59. The van der Waals surface area contributed by atoms with Crippen LogP contribution >= 0.6 is 0 Å². The van der Waals surface area contributed by atoms with Crippen molar-refractivity contribution in [1.29, 1.82) is 0 Å². The van der Waals surface area contributed by atoms with E-state index in [2.05, 4.69) is 17.1 Å². The van der Waals surface area contributed by atoms with E-state index in [-0.39, 0.29) is 36.3 Å². The van der Waals surface area contributed by atoms with E-state index in [1.165, 1.54) is 0 Å². The molecule has 2 aliphatic heterocycles. The van der Waals surface area contributed by atoms with Crippen LogP contribution in [0.2, 0.25) is 0 Å². The van der Waals surface area contributed by atoms with E-state index in [1.807, 2.05) is 54.0 Å². The summed E-state index contributed by atoms with van der Waals surface area (Å²) in [5, 5.41) is 0. The van der Waals surface area contributed by atoms with Gasteiger partial charge in [-0.3, -0.25) is 14.6 Å². The third-order valence-corrected chi connectivity index (χ3v) is 6.00. The molecule has 3 heterocycles. The number of likely N-dealkylation sites (tertiary alicyclic amines) is 2. The van der Waals surface area contributed by atoms with E-state index in [0.29, 0.717) is 31.8 Å². The van der Waals surface area contributed by atoms with Gasteiger partial charge in [-0.1, -0.05) is 30.3 Å². The van der Waals surface area contributed by atoms with Gasteiger partial charge in [0.15, 0.2) is 0 Å². The number of amides is 2. The van der Waals surface area contributed by atoms with E-state index in [4.69, 9.17) is 4.74 Å². The van der Waals surface area contributed by atoms with Gasteiger partial charge >= 0.3 is 0 Å². The van der Waals surface area contributed by atoms with E-state index >= 15 is 0 Å². The number of benzene rings is 1. The average Bonchev–Trinajstić information content (AvgIpc) is 3.30. The molecule has 0 bridgehead atoms. The van der Waals surface area contributed by atoms with Gasteiger partial charge in [0.1, 0.15) is 6.61 Å². The Balaban J connectivity index is 1.55. The van der Waals surface area contributed by atoms with Crippen LogP contribution in [0.25, 0.3) is 0 Å². The molecule has 0 unspecified atom stereocenters. The largest absolute Gasteiger partial charge is 0.372 e. The Morgan fingerprint density at radius 2 is 1.90 bits per heavy atom. The molecule has 2 saturated heterocycles. The Morgan fingerprint density at radius 3 is 2.59 bits per heavy atom. The number of hydrogen-bond donors (Lipinski definition) is 0. The number of fused-ring (bicyclic) bond motifs is 1. The number of aryl methyl sites for hydroxylation is 1. The van der Waals surface area contributed by atoms with Crippen molar-refractivity contribution in [2.24, 2.45) is 11.8 Å². The number of carbonyl (C=O) groups excluding carboxylic acids is 2. The molecule has 0 radical (unpaired) electrons. The van der Waals surface area contributed by atoms with Crippen LogP contribution in [0.5, 0.6) is 0 Å². The molecule has 2 fully saturated rings. The summed E-state index contributed by atoms with van der Waals surface area (Å²) in [6.45, 7) is 6.41. The molecule has 2 aliphatic rings. The van der Waals surface area contributed by atoms with Gasteiger partial charge in [-0.25, -0.2) is 0 Å².